The summed E-state index contributed by atoms with van der Waals surface area (Å²) in [5, 5.41) is 3.96. The molecule has 1 aromatic heterocycles. The summed E-state index contributed by atoms with van der Waals surface area (Å²) >= 11 is 0. The number of ether oxygens (including phenoxy) is 1. The Kier molecular flexibility index (Phi) is 6.05. The highest BCUT2D eigenvalue weighted by molar-refractivity contribution is 5.20. The van der Waals surface area contributed by atoms with Gasteiger partial charge in [-0.05, 0) is 31.5 Å². The third-order valence-corrected chi connectivity index (χ3v) is 2.94. The molecule has 1 heterocycles. The van der Waals surface area contributed by atoms with Crippen LogP contribution < -0.4 is 10.5 Å². The van der Waals surface area contributed by atoms with Crippen LogP contribution in [0.2, 0.25) is 0 Å². The average molecular weight is 275 g/mol. The number of rotatable bonds is 9. The molecule has 0 bridgehead atoms. The van der Waals surface area contributed by atoms with Crippen molar-refractivity contribution in [2.45, 2.75) is 32.1 Å². The largest absolute Gasteiger partial charge is 0.493 e. The quantitative estimate of drug-likeness (QED) is 0.711. The first-order valence-corrected chi connectivity index (χ1v) is 7.08. The van der Waals surface area contributed by atoms with Crippen molar-refractivity contribution in [3.63, 3.8) is 0 Å². The van der Waals surface area contributed by atoms with Crippen LogP contribution in [-0.2, 0) is 12.8 Å². The van der Waals surface area contributed by atoms with E-state index in [2.05, 4.69) is 10.1 Å². The van der Waals surface area contributed by atoms with E-state index in [-0.39, 0.29) is 0 Å². The molecule has 5 nitrogen and oxygen atoms in total. The summed E-state index contributed by atoms with van der Waals surface area (Å²) in [6, 6.07) is 9.72. The molecule has 0 saturated carbocycles. The Balaban J connectivity index is 1.67. The van der Waals surface area contributed by atoms with Crippen LogP contribution in [-0.4, -0.2) is 23.3 Å². The van der Waals surface area contributed by atoms with Gasteiger partial charge in [0.15, 0.2) is 5.82 Å². The first kappa shape index (κ1) is 14.5. The average Bonchev–Trinajstić information content (AvgIpc) is 2.93. The van der Waals surface area contributed by atoms with E-state index >= 15 is 0 Å². The van der Waals surface area contributed by atoms with Crippen LogP contribution in [0, 0.1) is 0 Å². The number of unbranched alkanes of at least 4 members (excludes halogenated alkanes) is 2. The first-order chi connectivity index (χ1) is 9.88. The zero-order chi connectivity index (χ0) is 14.0. The molecule has 0 saturated heterocycles. The minimum absolute atomic E-state index is 0.552. The molecule has 0 aliphatic carbocycles. The topological polar surface area (TPSA) is 74.2 Å². The van der Waals surface area contributed by atoms with Gasteiger partial charge in [-0.15, -0.1) is 0 Å². The minimum Gasteiger partial charge on any atom is -0.493 e. The fourth-order valence-electron chi connectivity index (χ4n) is 1.87. The number of aromatic nitrogens is 2. The zero-order valence-corrected chi connectivity index (χ0v) is 11.6. The highest BCUT2D eigenvalue weighted by Crippen LogP contribution is 2.09. The molecule has 0 unspecified atom stereocenters. The number of nitrogens with zero attached hydrogens (tertiary/aromatic N) is 2. The van der Waals surface area contributed by atoms with E-state index in [0.717, 1.165) is 38.0 Å². The van der Waals surface area contributed by atoms with Crippen molar-refractivity contribution in [1.29, 1.82) is 0 Å². The minimum atomic E-state index is 0.552. The van der Waals surface area contributed by atoms with Crippen molar-refractivity contribution < 1.29 is 9.26 Å². The molecule has 0 radical (unpaired) electrons. The Morgan fingerprint density at radius 1 is 1.05 bits per heavy atom. The molecule has 1 aromatic carbocycles. The van der Waals surface area contributed by atoms with Gasteiger partial charge in [-0.2, -0.15) is 4.98 Å². The molecule has 0 spiro atoms. The monoisotopic (exact) mass is 275 g/mol. The molecule has 20 heavy (non-hydrogen) atoms. The van der Waals surface area contributed by atoms with Gasteiger partial charge in [0.25, 0.3) is 0 Å². The highest BCUT2D eigenvalue weighted by Gasteiger charge is 2.06. The van der Waals surface area contributed by atoms with Crippen molar-refractivity contribution in [2.75, 3.05) is 13.2 Å². The van der Waals surface area contributed by atoms with E-state index in [1.165, 1.54) is 0 Å². The Bertz CT molecular complexity index is 485. The molecular weight excluding hydrogens is 254 g/mol. The predicted molar refractivity (Wildman–Crippen MR) is 76.5 cm³/mol. The predicted octanol–water partition coefficient (Wildman–Crippen LogP) is 2.36. The molecule has 2 aromatic rings. The second kappa shape index (κ2) is 8.32. The summed E-state index contributed by atoms with van der Waals surface area (Å²) < 4.78 is 10.8. The van der Waals surface area contributed by atoms with Gasteiger partial charge in [0.2, 0.25) is 5.89 Å². The van der Waals surface area contributed by atoms with Gasteiger partial charge in [-0.3, -0.25) is 0 Å². The molecule has 0 amide bonds. The molecule has 0 aliphatic rings. The van der Waals surface area contributed by atoms with E-state index in [1.807, 2.05) is 30.3 Å². The van der Waals surface area contributed by atoms with Crippen LogP contribution in [0.25, 0.3) is 0 Å². The van der Waals surface area contributed by atoms with Gasteiger partial charge in [0.1, 0.15) is 5.75 Å². The standard InChI is InChI=1S/C15H21N3O2/c16-11-6-2-5-9-15-17-14(18-20-15)10-12-19-13-7-3-1-4-8-13/h1,3-4,7-8H,2,5-6,9-12,16H2. The van der Waals surface area contributed by atoms with E-state index < -0.39 is 0 Å². The van der Waals surface area contributed by atoms with Crippen LogP contribution in [0.4, 0.5) is 0 Å². The smallest absolute Gasteiger partial charge is 0.226 e. The normalized spacial score (nSPS) is 10.7. The van der Waals surface area contributed by atoms with Crippen molar-refractivity contribution in [1.82, 2.24) is 10.1 Å². The maximum absolute atomic E-state index is 5.60. The third kappa shape index (κ3) is 5.01. The van der Waals surface area contributed by atoms with Gasteiger partial charge in [0, 0.05) is 12.8 Å². The summed E-state index contributed by atoms with van der Waals surface area (Å²) in [6.07, 6.45) is 4.67. The Morgan fingerprint density at radius 3 is 2.70 bits per heavy atom. The number of nitrogens with two attached hydrogens (primary N) is 1. The van der Waals surface area contributed by atoms with Crippen LogP contribution in [0.1, 0.15) is 31.0 Å². The lowest BCUT2D eigenvalue weighted by atomic mass is 10.2. The van der Waals surface area contributed by atoms with E-state index in [9.17, 15) is 0 Å². The summed E-state index contributed by atoms with van der Waals surface area (Å²) in [5.41, 5.74) is 5.45. The van der Waals surface area contributed by atoms with E-state index in [0.29, 0.717) is 24.7 Å². The lowest BCUT2D eigenvalue weighted by molar-refractivity contribution is 0.313. The molecule has 2 N–H and O–H groups in total. The number of hydrogen-bond donors (Lipinski definition) is 1. The Labute approximate surface area is 119 Å². The molecule has 0 aliphatic heterocycles. The van der Waals surface area contributed by atoms with Gasteiger partial charge >= 0.3 is 0 Å². The maximum Gasteiger partial charge on any atom is 0.226 e. The van der Waals surface area contributed by atoms with Crippen LogP contribution in [0.15, 0.2) is 34.9 Å². The summed E-state index contributed by atoms with van der Waals surface area (Å²) in [4.78, 5) is 4.35. The second-order valence-electron chi connectivity index (χ2n) is 4.62. The summed E-state index contributed by atoms with van der Waals surface area (Å²) in [7, 11) is 0. The van der Waals surface area contributed by atoms with Crippen LogP contribution in [0.3, 0.4) is 0 Å². The first-order valence-electron chi connectivity index (χ1n) is 7.08. The fourth-order valence-corrected chi connectivity index (χ4v) is 1.87. The maximum atomic E-state index is 5.60. The molecule has 0 atom stereocenters. The molecule has 5 heteroatoms. The summed E-state index contributed by atoms with van der Waals surface area (Å²) in [6.45, 7) is 1.29. The SMILES string of the molecule is NCCCCCc1nc(CCOc2ccccc2)no1. The molecule has 108 valence electrons. The third-order valence-electron chi connectivity index (χ3n) is 2.94. The lowest BCUT2D eigenvalue weighted by Gasteiger charge is -2.02. The second-order valence-corrected chi connectivity index (χ2v) is 4.62. The van der Waals surface area contributed by atoms with Crippen molar-refractivity contribution in [3.8, 4) is 5.75 Å². The van der Waals surface area contributed by atoms with Gasteiger partial charge in [-0.25, -0.2) is 0 Å². The number of aryl methyl sites for hydroxylation is 1. The van der Waals surface area contributed by atoms with Gasteiger partial charge in [-0.1, -0.05) is 29.8 Å². The number of benzene rings is 1. The van der Waals surface area contributed by atoms with Gasteiger partial charge < -0.3 is 15.0 Å². The van der Waals surface area contributed by atoms with E-state index in [1.54, 1.807) is 0 Å². The summed E-state index contributed by atoms with van der Waals surface area (Å²) in [5.74, 6) is 2.27. The number of para-hydroxylation sites is 1. The van der Waals surface area contributed by atoms with Crippen LogP contribution in [0.5, 0.6) is 5.75 Å². The van der Waals surface area contributed by atoms with Crippen molar-refractivity contribution >= 4 is 0 Å². The van der Waals surface area contributed by atoms with Crippen molar-refractivity contribution in [3.05, 3.63) is 42.0 Å². The highest BCUT2D eigenvalue weighted by atomic mass is 16.5. The Morgan fingerprint density at radius 2 is 1.90 bits per heavy atom. The lowest BCUT2D eigenvalue weighted by Crippen LogP contribution is -2.02. The molecule has 2 rings (SSSR count). The fraction of sp³-hybridized carbons (Fsp3) is 0.467. The zero-order valence-electron chi connectivity index (χ0n) is 11.6. The van der Waals surface area contributed by atoms with Crippen LogP contribution >= 0.6 is 0 Å². The van der Waals surface area contributed by atoms with E-state index in [4.69, 9.17) is 15.0 Å². The molecular formula is C15H21N3O2. The number of hydrogen-bond acceptors (Lipinski definition) is 5. The molecule has 0 fully saturated rings. The van der Waals surface area contributed by atoms with Gasteiger partial charge in [0.05, 0.1) is 6.61 Å². The Hall–Kier alpha value is -1.88. The van der Waals surface area contributed by atoms with Crippen molar-refractivity contribution in [2.24, 2.45) is 5.73 Å².